The lowest BCUT2D eigenvalue weighted by Crippen LogP contribution is -2.40. The summed E-state index contributed by atoms with van der Waals surface area (Å²) in [6, 6.07) is 9.70. The standard InChI is InChI=1S/C18H21N7O/c1-14-8-11-25(21-14)16-6-4-15(5-7-16)20-18(26)24-10-2-3-17(24)13-23-12-9-19-22-23/h4-9,11-12,17H,2-3,10,13H2,1H3,(H,20,26)/t17-/m0/s1. The van der Waals surface area contributed by atoms with Crippen LogP contribution in [-0.4, -0.2) is 48.3 Å². The molecule has 0 aliphatic carbocycles. The van der Waals surface area contributed by atoms with Crippen molar-refractivity contribution >= 4 is 11.7 Å². The van der Waals surface area contributed by atoms with Gasteiger partial charge in [0.05, 0.1) is 30.2 Å². The Hall–Kier alpha value is -3.16. The minimum atomic E-state index is -0.0738. The quantitative estimate of drug-likeness (QED) is 0.783. The molecule has 1 saturated heterocycles. The highest BCUT2D eigenvalue weighted by Gasteiger charge is 2.29. The van der Waals surface area contributed by atoms with Gasteiger partial charge in [-0.15, -0.1) is 5.10 Å². The number of anilines is 1. The molecule has 134 valence electrons. The van der Waals surface area contributed by atoms with Crippen LogP contribution in [0.5, 0.6) is 0 Å². The molecule has 26 heavy (non-hydrogen) atoms. The van der Waals surface area contributed by atoms with Crippen molar-refractivity contribution < 1.29 is 4.79 Å². The van der Waals surface area contributed by atoms with E-state index in [1.54, 1.807) is 10.9 Å². The molecule has 0 unspecified atom stereocenters. The van der Waals surface area contributed by atoms with Crippen molar-refractivity contribution in [2.45, 2.75) is 32.4 Å². The molecule has 0 spiro atoms. The third-order valence-electron chi connectivity index (χ3n) is 4.61. The summed E-state index contributed by atoms with van der Waals surface area (Å²) in [5.41, 5.74) is 2.70. The Morgan fingerprint density at radius 2 is 2.08 bits per heavy atom. The van der Waals surface area contributed by atoms with Crippen LogP contribution in [0, 0.1) is 6.92 Å². The van der Waals surface area contributed by atoms with Crippen LogP contribution in [0.15, 0.2) is 48.9 Å². The molecule has 3 heterocycles. The van der Waals surface area contributed by atoms with E-state index in [0.717, 1.165) is 36.5 Å². The van der Waals surface area contributed by atoms with Crippen molar-refractivity contribution in [1.29, 1.82) is 0 Å². The molecule has 3 aromatic rings. The highest BCUT2D eigenvalue weighted by atomic mass is 16.2. The summed E-state index contributed by atoms with van der Waals surface area (Å²) in [4.78, 5) is 14.5. The number of urea groups is 1. The van der Waals surface area contributed by atoms with Crippen molar-refractivity contribution in [2.24, 2.45) is 0 Å². The lowest BCUT2D eigenvalue weighted by atomic mass is 10.2. The topological polar surface area (TPSA) is 80.9 Å². The van der Waals surface area contributed by atoms with Crippen LogP contribution in [0.25, 0.3) is 5.69 Å². The molecule has 0 saturated carbocycles. The third-order valence-corrected chi connectivity index (χ3v) is 4.61. The molecule has 1 aliphatic heterocycles. The molecule has 1 atom stereocenters. The van der Waals surface area contributed by atoms with Gasteiger partial charge in [-0.05, 0) is 50.1 Å². The molecular weight excluding hydrogens is 330 g/mol. The lowest BCUT2D eigenvalue weighted by molar-refractivity contribution is 0.199. The Kier molecular flexibility index (Phi) is 4.39. The number of nitrogens with one attached hydrogen (secondary N) is 1. The van der Waals surface area contributed by atoms with Gasteiger partial charge >= 0.3 is 6.03 Å². The average Bonchev–Trinajstić information content (AvgIpc) is 3.38. The number of amides is 2. The highest BCUT2D eigenvalue weighted by Crippen LogP contribution is 2.21. The molecule has 1 fully saturated rings. The van der Waals surface area contributed by atoms with Crippen molar-refractivity contribution in [3.63, 3.8) is 0 Å². The van der Waals surface area contributed by atoms with Gasteiger partial charge in [0.15, 0.2) is 0 Å². The van der Waals surface area contributed by atoms with Gasteiger partial charge in [0.2, 0.25) is 0 Å². The monoisotopic (exact) mass is 351 g/mol. The molecule has 4 rings (SSSR count). The second-order valence-electron chi connectivity index (χ2n) is 6.49. The summed E-state index contributed by atoms with van der Waals surface area (Å²) >= 11 is 0. The number of hydrogen-bond acceptors (Lipinski definition) is 4. The first-order valence-corrected chi connectivity index (χ1v) is 8.73. The largest absolute Gasteiger partial charge is 0.322 e. The van der Waals surface area contributed by atoms with Crippen molar-refractivity contribution in [1.82, 2.24) is 29.7 Å². The molecule has 1 N–H and O–H groups in total. The molecule has 2 amide bonds. The van der Waals surface area contributed by atoms with E-state index in [1.807, 2.05) is 59.2 Å². The number of aromatic nitrogens is 5. The third kappa shape index (κ3) is 3.44. The van der Waals surface area contributed by atoms with Gasteiger partial charge in [-0.2, -0.15) is 5.10 Å². The van der Waals surface area contributed by atoms with E-state index in [4.69, 9.17) is 0 Å². The zero-order valence-electron chi connectivity index (χ0n) is 14.6. The maximum atomic E-state index is 12.7. The first-order chi connectivity index (χ1) is 12.7. The van der Waals surface area contributed by atoms with Gasteiger partial charge in [-0.3, -0.25) is 4.68 Å². The predicted molar refractivity (Wildman–Crippen MR) is 97.1 cm³/mol. The van der Waals surface area contributed by atoms with Gasteiger partial charge in [0.1, 0.15) is 0 Å². The van der Waals surface area contributed by atoms with E-state index < -0.39 is 0 Å². The van der Waals surface area contributed by atoms with Crippen LogP contribution in [-0.2, 0) is 6.54 Å². The molecule has 8 nitrogen and oxygen atoms in total. The van der Waals surface area contributed by atoms with E-state index in [-0.39, 0.29) is 12.1 Å². The number of likely N-dealkylation sites (tertiary alicyclic amines) is 1. The number of rotatable bonds is 4. The predicted octanol–water partition coefficient (Wildman–Crippen LogP) is 2.47. The molecular formula is C18H21N7O. The van der Waals surface area contributed by atoms with Gasteiger partial charge in [0, 0.05) is 24.6 Å². The summed E-state index contributed by atoms with van der Waals surface area (Å²) in [6.45, 7) is 3.39. The highest BCUT2D eigenvalue weighted by molar-refractivity contribution is 5.89. The van der Waals surface area contributed by atoms with Gasteiger partial charge in [0.25, 0.3) is 0 Å². The Morgan fingerprint density at radius 1 is 1.23 bits per heavy atom. The van der Waals surface area contributed by atoms with Gasteiger partial charge < -0.3 is 10.2 Å². The Morgan fingerprint density at radius 3 is 2.77 bits per heavy atom. The van der Waals surface area contributed by atoms with E-state index in [2.05, 4.69) is 20.7 Å². The van der Waals surface area contributed by atoms with Crippen molar-refractivity contribution in [2.75, 3.05) is 11.9 Å². The second-order valence-corrected chi connectivity index (χ2v) is 6.49. The Balaban J connectivity index is 1.40. The van der Waals surface area contributed by atoms with Crippen LogP contribution in [0.4, 0.5) is 10.5 Å². The van der Waals surface area contributed by atoms with Crippen LogP contribution in [0.1, 0.15) is 18.5 Å². The fraction of sp³-hybridized carbons (Fsp3) is 0.333. The van der Waals surface area contributed by atoms with Gasteiger partial charge in [-0.25, -0.2) is 9.48 Å². The maximum Gasteiger partial charge on any atom is 0.322 e. The summed E-state index contributed by atoms with van der Waals surface area (Å²) in [6.07, 6.45) is 7.38. The zero-order chi connectivity index (χ0) is 17.9. The maximum absolute atomic E-state index is 12.7. The number of hydrogen-bond donors (Lipinski definition) is 1. The molecule has 0 bridgehead atoms. The Labute approximate surface area is 151 Å². The summed E-state index contributed by atoms with van der Waals surface area (Å²) in [5.74, 6) is 0. The number of carbonyl (C=O) groups is 1. The lowest BCUT2D eigenvalue weighted by Gasteiger charge is -2.24. The number of nitrogens with zero attached hydrogens (tertiary/aromatic N) is 6. The first-order valence-electron chi connectivity index (χ1n) is 8.73. The zero-order valence-corrected chi connectivity index (χ0v) is 14.6. The fourth-order valence-electron chi connectivity index (χ4n) is 3.29. The molecule has 0 radical (unpaired) electrons. The molecule has 2 aromatic heterocycles. The average molecular weight is 351 g/mol. The SMILES string of the molecule is Cc1ccn(-c2ccc(NC(=O)N3CCC[C@H]3Cn3ccnn3)cc2)n1. The van der Waals surface area contributed by atoms with Gasteiger partial charge in [-0.1, -0.05) is 5.21 Å². The molecule has 8 heteroatoms. The van der Waals surface area contributed by atoms with E-state index in [0.29, 0.717) is 6.54 Å². The fourth-order valence-corrected chi connectivity index (χ4v) is 3.29. The van der Waals surface area contributed by atoms with Crippen LogP contribution >= 0.6 is 0 Å². The minimum absolute atomic E-state index is 0.0738. The smallest absolute Gasteiger partial charge is 0.320 e. The van der Waals surface area contributed by atoms with Crippen molar-refractivity contribution in [3.05, 3.63) is 54.6 Å². The van der Waals surface area contributed by atoms with E-state index in [1.165, 1.54) is 0 Å². The number of carbonyl (C=O) groups excluding carboxylic acids is 1. The van der Waals surface area contributed by atoms with Crippen LogP contribution < -0.4 is 5.32 Å². The molecule has 1 aliphatic rings. The summed E-state index contributed by atoms with van der Waals surface area (Å²) in [5, 5.41) is 15.2. The second kappa shape index (κ2) is 6.99. The van der Waals surface area contributed by atoms with Crippen molar-refractivity contribution in [3.8, 4) is 5.69 Å². The van der Waals surface area contributed by atoms with Crippen LogP contribution in [0.3, 0.4) is 0 Å². The molecule has 1 aromatic carbocycles. The number of aryl methyl sites for hydroxylation is 1. The van der Waals surface area contributed by atoms with E-state index >= 15 is 0 Å². The summed E-state index contributed by atoms with van der Waals surface area (Å²) in [7, 11) is 0. The number of benzene rings is 1. The van der Waals surface area contributed by atoms with E-state index in [9.17, 15) is 4.79 Å². The van der Waals surface area contributed by atoms with Crippen LogP contribution in [0.2, 0.25) is 0 Å². The first kappa shape index (κ1) is 16.3. The normalized spacial score (nSPS) is 16.8. The summed E-state index contributed by atoms with van der Waals surface area (Å²) < 4.78 is 3.59. The Bertz CT molecular complexity index is 869. The minimum Gasteiger partial charge on any atom is -0.320 e.